The number of ether oxygens (including phenoxy) is 1. The van der Waals surface area contributed by atoms with E-state index >= 15 is 0 Å². The monoisotopic (exact) mass is 251 g/mol. The highest BCUT2D eigenvalue weighted by atomic mass is 16.5. The van der Waals surface area contributed by atoms with E-state index in [9.17, 15) is 0 Å². The number of hydrogen-bond donors (Lipinski definition) is 2. The van der Waals surface area contributed by atoms with Crippen molar-refractivity contribution >= 4 is 0 Å². The lowest BCUT2D eigenvalue weighted by Crippen LogP contribution is -2.39. The molecule has 0 heterocycles. The fourth-order valence-electron chi connectivity index (χ4n) is 1.83. The summed E-state index contributed by atoms with van der Waals surface area (Å²) in [5.74, 6) is 0.984. The van der Waals surface area contributed by atoms with E-state index in [1.807, 2.05) is 25.1 Å². The summed E-state index contributed by atoms with van der Waals surface area (Å²) in [6, 6.07) is 8.14. The van der Waals surface area contributed by atoms with E-state index < -0.39 is 5.54 Å². The summed E-state index contributed by atoms with van der Waals surface area (Å²) in [7, 11) is 0. The zero-order valence-electron chi connectivity index (χ0n) is 11.5. The van der Waals surface area contributed by atoms with Crippen LogP contribution in [0.2, 0.25) is 0 Å². The van der Waals surface area contributed by atoms with Gasteiger partial charge in [0.2, 0.25) is 0 Å². The largest absolute Gasteiger partial charge is 0.493 e. The molecule has 0 aliphatic heterocycles. The molecular weight excluding hydrogens is 226 g/mol. The molecule has 3 heteroatoms. The Morgan fingerprint density at radius 1 is 1.28 bits per heavy atom. The van der Waals surface area contributed by atoms with Gasteiger partial charge in [0.05, 0.1) is 13.2 Å². The molecule has 0 aliphatic rings. The van der Waals surface area contributed by atoms with Gasteiger partial charge in [-0.05, 0) is 44.2 Å². The quantitative estimate of drug-likeness (QED) is 0.698. The molecule has 0 aromatic heterocycles. The van der Waals surface area contributed by atoms with Gasteiger partial charge < -0.3 is 15.6 Å². The third-order valence-electron chi connectivity index (χ3n) is 3.11. The first-order valence-corrected chi connectivity index (χ1v) is 6.69. The van der Waals surface area contributed by atoms with Crippen molar-refractivity contribution in [1.82, 2.24) is 0 Å². The molecule has 3 N–H and O–H groups in total. The first-order chi connectivity index (χ1) is 8.59. The summed E-state index contributed by atoms with van der Waals surface area (Å²) >= 11 is 0. The first-order valence-electron chi connectivity index (χ1n) is 6.69. The van der Waals surface area contributed by atoms with Crippen molar-refractivity contribution in [3.63, 3.8) is 0 Å². The van der Waals surface area contributed by atoms with Crippen LogP contribution in [0.4, 0.5) is 0 Å². The number of nitrogens with two attached hydrogens (primary N) is 1. The van der Waals surface area contributed by atoms with E-state index in [1.54, 1.807) is 0 Å². The average molecular weight is 251 g/mol. The topological polar surface area (TPSA) is 55.5 Å². The Hall–Kier alpha value is -1.06. The molecule has 18 heavy (non-hydrogen) atoms. The zero-order chi connectivity index (χ0) is 13.4. The second kappa shape index (κ2) is 7.39. The van der Waals surface area contributed by atoms with Crippen molar-refractivity contribution in [1.29, 1.82) is 0 Å². The second-order valence-electron chi connectivity index (χ2n) is 5.08. The predicted octanol–water partition coefficient (Wildman–Crippen LogP) is 2.51. The van der Waals surface area contributed by atoms with Gasteiger partial charge in [-0.3, -0.25) is 0 Å². The Balaban J connectivity index is 2.26. The summed E-state index contributed by atoms with van der Waals surface area (Å²) in [5.41, 5.74) is 6.65. The molecule has 1 aromatic rings. The fourth-order valence-corrected chi connectivity index (χ4v) is 1.83. The molecule has 102 valence electrons. The minimum atomic E-state index is -0.457. The summed E-state index contributed by atoms with van der Waals surface area (Å²) < 4.78 is 5.77. The summed E-state index contributed by atoms with van der Waals surface area (Å²) in [6.45, 7) is 4.74. The predicted molar refractivity (Wildman–Crippen MR) is 74.8 cm³/mol. The number of para-hydroxylation sites is 1. The minimum Gasteiger partial charge on any atom is -0.493 e. The van der Waals surface area contributed by atoms with Gasteiger partial charge >= 0.3 is 0 Å². The lowest BCUT2D eigenvalue weighted by Gasteiger charge is -2.21. The Morgan fingerprint density at radius 2 is 2.00 bits per heavy atom. The molecular formula is C15H25NO2. The van der Waals surface area contributed by atoms with E-state index in [1.165, 1.54) is 5.56 Å². The van der Waals surface area contributed by atoms with E-state index in [4.69, 9.17) is 15.6 Å². The molecule has 1 unspecified atom stereocenters. The van der Waals surface area contributed by atoms with Gasteiger partial charge in [0.15, 0.2) is 0 Å². The number of aliphatic hydroxyl groups is 1. The van der Waals surface area contributed by atoms with E-state index in [0.29, 0.717) is 6.61 Å². The van der Waals surface area contributed by atoms with Crippen LogP contribution < -0.4 is 10.5 Å². The third kappa shape index (κ3) is 5.07. The van der Waals surface area contributed by atoms with Crippen LogP contribution in [0.25, 0.3) is 0 Å². The molecule has 0 bridgehead atoms. The average Bonchev–Trinajstić information content (AvgIpc) is 2.38. The number of aliphatic hydroxyl groups excluding tert-OH is 1. The molecule has 3 nitrogen and oxygen atoms in total. The van der Waals surface area contributed by atoms with Crippen molar-refractivity contribution in [2.24, 2.45) is 5.73 Å². The maximum absolute atomic E-state index is 9.04. The van der Waals surface area contributed by atoms with Gasteiger partial charge in [0, 0.05) is 5.54 Å². The fraction of sp³-hybridized carbons (Fsp3) is 0.600. The Labute approximate surface area is 110 Å². The highest BCUT2D eigenvalue weighted by molar-refractivity contribution is 5.33. The molecule has 0 spiro atoms. The number of rotatable bonds is 8. The molecule has 1 rings (SSSR count). The van der Waals surface area contributed by atoms with Crippen LogP contribution >= 0.6 is 0 Å². The zero-order valence-corrected chi connectivity index (χ0v) is 11.5. The summed E-state index contributed by atoms with van der Waals surface area (Å²) in [6.07, 6.45) is 3.75. The Bertz CT molecular complexity index is 350. The summed E-state index contributed by atoms with van der Waals surface area (Å²) in [5, 5.41) is 9.04. The molecule has 0 fully saturated rings. The molecule has 0 saturated carbocycles. The first kappa shape index (κ1) is 15.0. The van der Waals surface area contributed by atoms with Crippen LogP contribution in [-0.4, -0.2) is 23.9 Å². The Morgan fingerprint density at radius 3 is 2.67 bits per heavy atom. The maximum atomic E-state index is 9.04. The maximum Gasteiger partial charge on any atom is 0.122 e. The molecule has 0 aliphatic carbocycles. The Kier molecular flexibility index (Phi) is 6.16. The number of benzene rings is 1. The van der Waals surface area contributed by atoms with Crippen LogP contribution in [0.5, 0.6) is 5.75 Å². The molecule has 1 atom stereocenters. The number of unbranched alkanes of at least 4 members (excludes halogenated alkanes) is 1. The van der Waals surface area contributed by atoms with Crippen LogP contribution in [0.3, 0.4) is 0 Å². The normalized spacial score (nSPS) is 14.2. The third-order valence-corrected chi connectivity index (χ3v) is 3.11. The van der Waals surface area contributed by atoms with Gasteiger partial charge in [-0.1, -0.05) is 25.1 Å². The number of hydrogen-bond acceptors (Lipinski definition) is 3. The van der Waals surface area contributed by atoms with Crippen LogP contribution in [0.15, 0.2) is 24.3 Å². The summed E-state index contributed by atoms with van der Waals surface area (Å²) in [4.78, 5) is 0. The van der Waals surface area contributed by atoms with Gasteiger partial charge in [-0.15, -0.1) is 0 Å². The lowest BCUT2D eigenvalue weighted by atomic mass is 9.97. The molecule has 0 amide bonds. The van der Waals surface area contributed by atoms with Gasteiger partial charge in [-0.25, -0.2) is 0 Å². The van der Waals surface area contributed by atoms with Crippen molar-refractivity contribution in [2.75, 3.05) is 13.2 Å². The molecule has 0 saturated heterocycles. The van der Waals surface area contributed by atoms with E-state index in [-0.39, 0.29) is 6.61 Å². The highest BCUT2D eigenvalue weighted by Gasteiger charge is 2.15. The van der Waals surface area contributed by atoms with Crippen molar-refractivity contribution in [2.45, 2.75) is 45.1 Å². The smallest absolute Gasteiger partial charge is 0.122 e. The second-order valence-corrected chi connectivity index (χ2v) is 5.08. The van der Waals surface area contributed by atoms with Gasteiger partial charge in [-0.2, -0.15) is 0 Å². The van der Waals surface area contributed by atoms with Gasteiger partial charge in [0.1, 0.15) is 5.75 Å². The SMILES string of the molecule is CCc1ccccc1OCCCCC(C)(N)CO. The van der Waals surface area contributed by atoms with Crippen molar-refractivity contribution in [3.8, 4) is 5.75 Å². The molecule has 0 radical (unpaired) electrons. The van der Waals surface area contributed by atoms with Crippen LogP contribution in [-0.2, 0) is 6.42 Å². The van der Waals surface area contributed by atoms with Crippen molar-refractivity contribution in [3.05, 3.63) is 29.8 Å². The van der Waals surface area contributed by atoms with E-state index in [2.05, 4.69) is 13.0 Å². The number of aryl methyl sites for hydroxylation is 1. The van der Waals surface area contributed by atoms with E-state index in [0.717, 1.165) is 31.4 Å². The minimum absolute atomic E-state index is 0.0343. The molecule has 1 aromatic carbocycles. The van der Waals surface area contributed by atoms with Gasteiger partial charge in [0.25, 0.3) is 0 Å². The highest BCUT2D eigenvalue weighted by Crippen LogP contribution is 2.19. The lowest BCUT2D eigenvalue weighted by molar-refractivity contribution is 0.194. The van der Waals surface area contributed by atoms with Crippen molar-refractivity contribution < 1.29 is 9.84 Å². The standard InChI is InChI=1S/C15H25NO2/c1-3-13-8-4-5-9-14(13)18-11-7-6-10-15(2,16)12-17/h4-5,8-9,17H,3,6-7,10-12,16H2,1-2H3. The van der Waals surface area contributed by atoms with Crippen LogP contribution in [0.1, 0.15) is 38.7 Å². The van der Waals surface area contributed by atoms with Crippen LogP contribution in [0, 0.1) is 0 Å².